The maximum absolute atomic E-state index is 12.3. The Kier molecular flexibility index (Phi) is 5.36. The van der Waals surface area contributed by atoms with E-state index in [1.807, 2.05) is 48.7 Å². The number of fused-ring (bicyclic) bond motifs is 1. The summed E-state index contributed by atoms with van der Waals surface area (Å²) in [5.74, 6) is 1.06. The van der Waals surface area contributed by atoms with Gasteiger partial charge in [0, 0.05) is 32.4 Å². The molecule has 7 heteroatoms. The molecule has 4 rings (SSSR count). The van der Waals surface area contributed by atoms with E-state index in [2.05, 4.69) is 27.4 Å². The summed E-state index contributed by atoms with van der Waals surface area (Å²) in [4.78, 5) is 21.3. The second kappa shape index (κ2) is 8.08. The van der Waals surface area contributed by atoms with Gasteiger partial charge in [0.2, 0.25) is 5.91 Å². The first kappa shape index (κ1) is 18.6. The fourth-order valence-corrected chi connectivity index (χ4v) is 4.44. The quantitative estimate of drug-likeness (QED) is 0.422. The smallest absolute Gasteiger partial charge is 0.236 e. The molecule has 0 bridgehead atoms. The number of carbonyl (C=O) groups excluding carboxylic acids is 1. The van der Waals surface area contributed by atoms with Gasteiger partial charge in [-0.05, 0) is 37.3 Å². The second-order valence-electron chi connectivity index (χ2n) is 6.22. The third kappa shape index (κ3) is 3.90. The molecule has 0 fully saturated rings. The number of aryl methyl sites for hydroxylation is 1. The number of para-hydroxylation sites is 1. The van der Waals surface area contributed by atoms with Crippen LogP contribution in [-0.2, 0) is 4.79 Å². The van der Waals surface area contributed by atoms with Crippen molar-refractivity contribution >= 4 is 45.0 Å². The number of ether oxygens (including phenoxy) is 1. The minimum Gasteiger partial charge on any atom is -0.497 e. The maximum Gasteiger partial charge on any atom is 0.236 e. The minimum atomic E-state index is -0.0719. The molecule has 4 aromatic rings. The summed E-state index contributed by atoms with van der Waals surface area (Å²) >= 11 is 2.92. The third-order valence-corrected chi connectivity index (χ3v) is 6.10. The van der Waals surface area contributed by atoms with Crippen LogP contribution in [0.1, 0.15) is 5.69 Å². The number of nitrogens with one attached hydrogen (secondary N) is 2. The maximum atomic E-state index is 12.3. The highest BCUT2D eigenvalue weighted by atomic mass is 32.2. The number of amides is 1. The standard InChI is InChI=1S/C21H19N3O2S2/c1-13-20(16-5-3-4-6-17(16)22-13)18-11-28-21(23-18)24-19(25)12-27-15-9-7-14(26-2)8-10-15/h3-11,22H,12H2,1-2H3,(H,23,24,25). The Morgan fingerprint density at radius 2 is 2.00 bits per heavy atom. The summed E-state index contributed by atoms with van der Waals surface area (Å²) in [7, 11) is 1.63. The molecule has 0 atom stereocenters. The van der Waals surface area contributed by atoms with Crippen molar-refractivity contribution in [2.45, 2.75) is 11.8 Å². The number of hydrogen-bond acceptors (Lipinski definition) is 5. The molecule has 0 radical (unpaired) electrons. The fourth-order valence-electron chi connectivity index (χ4n) is 3.03. The van der Waals surface area contributed by atoms with Crippen LogP contribution < -0.4 is 10.1 Å². The number of rotatable bonds is 6. The lowest BCUT2D eigenvalue weighted by Gasteiger charge is -2.04. The van der Waals surface area contributed by atoms with Crippen LogP contribution in [0.5, 0.6) is 5.75 Å². The average Bonchev–Trinajstić information content (AvgIpc) is 3.29. The number of nitrogens with zero attached hydrogens (tertiary/aromatic N) is 1. The van der Waals surface area contributed by atoms with Crippen LogP contribution in [-0.4, -0.2) is 28.7 Å². The predicted octanol–water partition coefficient (Wildman–Crippen LogP) is 5.34. The van der Waals surface area contributed by atoms with E-state index in [9.17, 15) is 4.79 Å². The molecule has 2 N–H and O–H groups in total. The molecule has 5 nitrogen and oxygen atoms in total. The van der Waals surface area contributed by atoms with E-state index >= 15 is 0 Å². The Labute approximate surface area is 171 Å². The fraction of sp³-hybridized carbons (Fsp3) is 0.143. The van der Waals surface area contributed by atoms with Crippen molar-refractivity contribution < 1.29 is 9.53 Å². The van der Waals surface area contributed by atoms with Crippen LogP contribution in [0.2, 0.25) is 0 Å². The summed E-state index contributed by atoms with van der Waals surface area (Å²) in [6, 6.07) is 15.8. The highest BCUT2D eigenvalue weighted by molar-refractivity contribution is 8.00. The summed E-state index contributed by atoms with van der Waals surface area (Å²) in [5.41, 5.74) is 4.11. The van der Waals surface area contributed by atoms with Gasteiger partial charge in [-0.25, -0.2) is 4.98 Å². The van der Waals surface area contributed by atoms with Crippen molar-refractivity contribution in [1.82, 2.24) is 9.97 Å². The summed E-state index contributed by atoms with van der Waals surface area (Å²) in [6.45, 7) is 2.04. The van der Waals surface area contributed by atoms with Gasteiger partial charge < -0.3 is 15.0 Å². The number of anilines is 1. The van der Waals surface area contributed by atoms with E-state index in [1.165, 1.54) is 23.1 Å². The van der Waals surface area contributed by atoms with Crippen LogP contribution in [0.25, 0.3) is 22.2 Å². The van der Waals surface area contributed by atoms with Gasteiger partial charge in [-0.1, -0.05) is 18.2 Å². The number of H-pyrrole nitrogens is 1. The number of aromatic amines is 1. The zero-order valence-electron chi connectivity index (χ0n) is 15.5. The molecule has 1 amide bonds. The monoisotopic (exact) mass is 409 g/mol. The normalized spacial score (nSPS) is 10.9. The third-order valence-electron chi connectivity index (χ3n) is 4.33. The van der Waals surface area contributed by atoms with Crippen LogP contribution in [0.15, 0.2) is 58.8 Å². The van der Waals surface area contributed by atoms with Crippen LogP contribution in [0.3, 0.4) is 0 Å². The minimum absolute atomic E-state index is 0.0719. The van der Waals surface area contributed by atoms with E-state index in [4.69, 9.17) is 4.74 Å². The lowest BCUT2D eigenvalue weighted by Crippen LogP contribution is -2.13. The Balaban J connectivity index is 1.42. The Morgan fingerprint density at radius 3 is 2.79 bits per heavy atom. The number of hydrogen-bond donors (Lipinski definition) is 2. The van der Waals surface area contributed by atoms with Crippen LogP contribution in [0, 0.1) is 6.92 Å². The molecule has 2 heterocycles. The van der Waals surface area contributed by atoms with E-state index < -0.39 is 0 Å². The largest absolute Gasteiger partial charge is 0.497 e. The molecule has 142 valence electrons. The van der Waals surface area contributed by atoms with Crippen molar-refractivity contribution in [3.63, 3.8) is 0 Å². The number of benzene rings is 2. The molecule has 0 aliphatic rings. The van der Waals surface area contributed by atoms with E-state index in [0.717, 1.165) is 38.5 Å². The molecule has 0 unspecified atom stereocenters. The second-order valence-corrected chi connectivity index (χ2v) is 8.13. The molecule has 0 spiro atoms. The number of methoxy groups -OCH3 is 1. The first-order valence-electron chi connectivity index (χ1n) is 8.74. The molecule has 2 aromatic heterocycles. The molecule has 2 aromatic carbocycles. The first-order valence-corrected chi connectivity index (χ1v) is 10.6. The Morgan fingerprint density at radius 1 is 1.21 bits per heavy atom. The molecular weight excluding hydrogens is 390 g/mol. The van der Waals surface area contributed by atoms with Gasteiger partial charge in [0.15, 0.2) is 5.13 Å². The highest BCUT2D eigenvalue weighted by Crippen LogP contribution is 2.34. The summed E-state index contributed by atoms with van der Waals surface area (Å²) in [5, 5.41) is 6.63. The van der Waals surface area contributed by atoms with Gasteiger partial charge in [0.1, 0.15) is 5.75 Å². The Bertz CT molecular complexity index is 1120. The van der Waals surface area contributed by atoms with E-state index in [0.29, 0.717) is 10.9 Å². The van der Waals surface area contributed by atoms with Crippen molar-refractivity contribution in [2.24, 2.45) is 0 Å². The van der Waals surface area contributed by atoms with Crippen molar-refractivity contribution in [3.8, 4) is 17.0 Å². The Hall–Kier alpha value is -2.77. The molecule has 0 aliphatic carbocycles. The lowest BCUT2D eigenvalue weighted by molar-refractivity contribution is -0.113. The zero-order chi connectivity index (χ0) is 19.5. The van der Waals surface area contributed by atoms with Gasteiger partial charge in [-0.15, -0.1) is 23.1 Å². The number of aromatic nitrogens is 2. The van der Waals surface area contributed by atoms with Gasteiger partial charge in [0.25, 0.3) is 0 Å². The van der Waals surface area contributed by atoms with Crippen LogP contribution >= 0.6 is 23.1 Å². The van der Waals surface area contributed by atoms with Gasteiger partial charge in [-0.3, -0.25) is 4.79 Å². The summed E-state index contributed by atoms with van der Waals surface area (Å²) in [6.07, 6.45) is 0. The van der Waals surface area contributed by atoms with Gasteiger partial charge in [0.05, 0.1) is 18.6 Å². The average molecular weight is 410 g/mol. The zero-order valence-corrected chi connectivity index (χ0v) is 17.1. The number of thioether (sulfide) groups is 1. The lowest BCUT2D eigenvalue weighted by atomic mass is 10.1. The predicted molar refractivity (Wildman–Crippen MR) is 116 cm³/mol. The van der Waals surface area contributed by atoms with E-state index in [1.54, 1.807) is 7.11 Å². The van der Waals surface area contributed by atoms with Crippen molar-refractivity contribution in [2.75, 3.05) is 18.2 Å². The molecule has 0 aliphatic heterocycles. The molecule has 0 saturated heterocycles. The SMILES string of the molecule is COc1ccc(SCC(=O)Nc2nc(-c3c(C)[nH]c4ccccc34)cs2)cc1. The van der Waals surface area contributed by atoms with Gasteiger partial charge in [-0.2, -0.15) is 0 Å². The van der Waals surface area contributed by atoms with Crippen molar-refractivity contribution in [1.29, 1.82) is 0 Å². The molecular formula is C21H19N3O2S2. The van der Waals surface area contributed by atoms with Crippen molar-refractivity contribution in [3.05, 3.63) is 59.6 Å². The number of thiazole rings is 1. The summed E-state index contributed by atoms with van der Waals surface area (Å²) < 4.78 is 5.14. The molecule has 0 saturated carbocycles. The van der Waals surface area contributed by atoms with Crippen LogP contribution in [0.4, 0.5) is 5.13 Å². The number of carbonyl (C=O) groups is 1. The molecule has 28 heavy (non-hydrogen) atoms. The first-order chi connectivity index (χ1) is 13.6. The topological polar surface area (TPSA) is 67.0 Å². The highest BCUT2D eigenvalue weighted by Gasteiger charge is 2.14. The van der Waals surface area contributed by atoms with E-state index in [-0.39, 0.29) is 5.91 Å². The van der Waals surface area contributed by atoms with Gasteiger partial charge >= 0.3 is 0 Å².